The van der Waals surface area contributed by atoms with Gasteiger partial charge < -0.3 is 9.47 Å². The Morgan fingerprint density at radius 1 is 0.683 bits per heavy atom. The van der Waals surface area contributed by atoms with Gasteiger partial charge in [-0.05, 0) is 147 Å². The van der Waals surface area contributed by atoms with Crippen molar-refractivity contribution in [3.63, 3.8) is 0 Å². The van der Waals surface area contributed by atoms with E-state index in [-0.39, 0.29) is 7.92 Å². The van der Waals surface area contributed by atoms with Crippen LogP contribution in [0.3, 0.4) is 0 Å². The lowest BCUT2D eigenvalue weighted by molar-refractivity contribution is 0.408. The van der Waals surface area contributed by atoms with Crippen LogP contribution in [0, 0.1) is 33.8 Å². The molecule has 0 aromatic heterocycles. The molecule has 1 atom stereocenters. The predicted molar refractivity (Wildman–Crippen MR) is 180 cm³/mol. The average molecular weight is 588 g/mol. The van der Waals surface area contributed by atoms with Gasteiger partial charge in [0.05, 0.1) is 14.2 Å². The molecule has 1 radical (unpaired) electrons. The minimum absolute atomic E-state index is 0.109. The first-order valence-electron chi connectivity index (χ1n) is 15.8. The number of hydrogen-bond donors (Lipinski definition) is 0. The van der Waals surface area contributed by atoms with Crippen molar-refractivity contribution in [3.05, 3.63) is 75.3 Å². The highest BCUT2D eigenvalue weighted by Gasteiger charge is 2.38. The molecule has 2 aromatic carbocycles. The number of methoxy groups -OCH3 is 2. The fourth-order valence-electron chi connectivity index (χ4n) is 7.83. The number of benzene rings is 2. The van der Waals surface area contributed by atoms with E-state index in [9.17, 15) is 0 Å². The molecule has 0 bridgehead atoms. The maximum absolute atomic E-state index is 5.78. The summed E-state index contributed by atoms with van der Waals surface area (Å²) in [4.78, 5) is 0. The summed E-state index contributed by atoms with van der Waals surface area (Å²) in [6.45, 7) is 11.3. The normalized spacial score (nSPS) is 19.0. The zero-order chi connectivity index (χ0) is 29.1. The molecule has 2 nitrogen and oxygen atoms in total. The molecule has 219 valence electrons. The number of aryl methyl sites for hydroxylation is 4. The second kappa shape index (κ2) is 13.6. The molecule has 3 aliphatic rings. The lowest BCUT2D eigenvalue weighted by Crippen LogP contribution is -2.27. The van der Waals surface area contributed by atoms with Gasteiger partial charge in [0, 0.05) is 11.0 Å². The largest absolute Gasteiger partial charge is 0.496 e. The Balaban J connectivity index is 1.59. The third-order valence-electron chi connectivity index (χ3n) is 9.59. The summed E-state index contributed by atoms with van der Waals surface area (Å²) in [5.74, 6) is 1.99. The standard InChI is InChI=1S/C37H49O2P2/c1-25-21-32(22-26(2)36(25)38-6)41(33-23-27(3)37(39-7)28(4)24-33)35-20-14-19-34(35)29(5)40(30-15-10-8-11-16-30)31-17-12-9-13-18-31/h14,21-24,29-31H,8-13,15-18H2,1-7H3/t29-/m1/s1. The van der Waals surface area contributed by atoms with Crippen molar-refractivity contribution in [2.45, 2.75) is 116 Å². The first kappa shape index (κ1) is 30.6. The average Bonchev–Trinajstić information content (AvgIpc) is 3.44. The Kier molecular flexibility index (Phi) is 10.2. The van der Waals surface area contributed by atoms with Crippen LogP contribution in [0.25, 0.3) is 0 Å². The van der Waals surface area contributed by atoms with Crippen molar-refractivity contribution in [2.24, 2.45) is 0 Å². The quantitative estimate of drug-likeness (QED) is 0.215. The third kappa shape index (κ3) is 6.42. The molecule has 2 fully saturated rings. The van der Waals surface area contributed by atoms with E-state index in [1.807, 2.05) is 0 Å². The van der Waals surface area contributed by atoms with Crippen LogP contribution in [0.5, 0.6) is 11.5 Å². The van der Waals surface area contributed by atoms with Crippen molar-refractivity contribution in [1.29, 1.82) is 0 Å². The van der Waals surface area contributed by atoms with E-state index < -0.39 is 7.92 Å². The van der Waals surface area contributed by atoms with Crippen molar-refractivity contribution < 1.29 is 9.47 Å². The van der Waals surface area contributed by atoms with Gasteiger partial charge in [-0.2, -0.15) is 0 Å². The molecular formula is C37H49O2P2. The van der Waals surface area contributed by atoms with Crippen molar-refractivity contribution >= 4 is 26.5 Å². The summed E-state index contributed by atoms with van der Waals surface area (Å²) in [6.07, 6.45) is 20.2. The molecule has 0 unspecified atom stereocenters. The maximum atomic E-state index is 5.78. The first-order chi connectivity index (χ1) is 19.8. The highest BCUT2D eigenvalue weighted by molar-refractivity contribution is 7.77. The van der Waals surface area contributed by atoms with E-state index in [4.69, 9.17) is 9.47 Å². The van der Waals surface area contributed by atoms with Crippen LogP contribution in [-0.4, -0.2) is 31.2 Å². The smallest absolute Gasteiger partial charge is 0.124 e. The van der Waals surface area contributed by atoms with E-state index in [2.05, 4.69) is 76.8 Å². The summed E-state index contributed by atoms with van der Waals surface area (Å²) < 4.78 is 11.6. The Labute approximate surface area is 252 Å². The second-order valence-electron chi connectivity index (χ2n) is 12.5. The summed E-state index contributed by atoms with van der Waals surface area (Å²) in [5.41, 5.74) is 12.4. The van der Waals surface area contributed by atoms with Crippen LogP contribution >= 0.6 is 15.8 Å². The Bertz CT molecular complexity index is 1210. The molecule has 0 heterocycles. The molecule has 3 aliphatic carbocycles. The minimum Gasteiger partial charge on any atom is -0.496 e. The molecule has 0 spiro atoms. The van der Waals surface area contributed by atoms with Gasteiger partial charge in [-0.1, -0.05) is 53.4 Å². The zero-order valence-electron chi connectivity index (χ0n) is 26.4. The molecule has 5 rings (SSSR count). The van der Waals surface area contributed by atoms with Crippen LogP contribution in [0.2, 0.25) is 0 Å². The highest BCUT2D eigenvalue weighted by atomic mass is 31.1. The summed E-state index contributed by atoms with van der Waals surface area (Å²) in [7, 11) is 2.65. The monoisotopic (exact) mass is 587 g/mol. The van der Waals surface area contributed by atoms with Gasteiger partial charge in [-0.25, -0.2) is 0 Å². The lowest BCUT2D eigenvalue weighted by atomic mass is 9.99. The van der Waals surface area contributed by atoms with Gasteiger partial charge in [0.25, 0.3) is 0 Å². The fraction of sp³-hybridized carbons (Fsp3) is 0.541. The molecule has 0 aliphatic heterocycles. The predicted octanol–water partition coefficient (Wildman–Crippen LogP) is 9.69. The molecule has 0 saturated heterocycles. The van der Waals surface area contributed by atoms with Gasteiger partial charge in [0.15, 0.2) is 0 Å². The van der Waals surface area contributed by atoms with Crippen LogP contribution in [0.4, 0.5) is 0 Å². The van der Waals surface area contributed by atoms with Gasteiger partial charge in [-0.15, -0.1) is 5.73 Å². The molecule has 2 saturated carbocycles. The van der Waals surface area contributed by atoms with E-state index in [1.165, 1.54) is 108 Å². The van der Waals surface area contributed by atoms with E-state index >= 15 is 0 Å². The van der Waals surface area contributed by atoms with Crippen molar-refractivity contribution in [3.8, 4) is 11.5 Å². The maximum Gasteiger partial charge on any atom is 0.124 e. The fourth-order valence-corrected chi connectivity index (χ4v) is 15.0. The van der Waals surface area contributed by atoms with E-state index in [0.717, 1.165) is 22.8 Å². The summed E-state index contributed by atoms with van der Waals surface area (Å²) in [6, 6.07) is 9.47. The van der Waals surface area contributed by atoms with E-state index in [0.29, 0.717) is 5.66 Å². The highest BCUT2D eigenvalue weighted by Crippen LogP contribution is 2.63. The van der Waals surface area contributed by atoms with Crippen LogP contribution in [-0.2, 0) is 0 Å². The SMILES string of the molecule is COc1c(C)cc(P(C2=C=C[C]=C2[C@@H](C)P(C2CCCCC2)C2CCCCC2)c2cc(C)c(OC)c(C)c2)cc1C. The number of hydrogen-bond acceptors (Lipinski definition) is 2. The van der Waals surface area contributed by atoms with Crippen molar-refractivity contribution in [2.75, 3.05) is 14.2 Å². The second-order valence-corrected chi connectivity index (χ2v) is 17.7. The van der Waals surface area contributed by atoms with Crippen LogP contribution < -0.4 is 20.1 Å². The molecule has 41 heavy (non-hydrogen) atoms. The lowest BCUT2D eigenvalue weighted by Gasteiger charge is -2.43. The Hall–Kier alpha value is -1.84. The molecule has 2 aromatic rings. The van der Waals surface area contributed by atoms with Gasteiger partial charge in [-0.3, -0.25) is 0 Å². The number of allylic oxidation sites excluding steroid dienone is 3. The van der Waals surface area contributed by atoms with Crippen LogP contribution in [0.1, 0.15) is 93.4 Å². The number of ether oxygens (including phenoxy) is 2. The molecular weight excluding hydrogens is 538 g/mol. The van der Waals surface area contributed by atoms with Crippen molar-refractivity contribution in [1.82, 2.24) is 0 Å². The number of rotatable bonds is 9. The zero-order valence-corrected chi connectivity index (χ0v) is 28.2. The topological polar surface area (TPSA) is 18.5 Å². The molecule has 4 heteroatoms. The summed E-state index contributed by atoms with van der Waals surface area (Å²) >= 11 is 0. The molecule has 0 N–H and O–H groups in total. The van der Waals surface area contributed by atoms with Gasteiger partial charge in [0.2, 0.25) is 0 Å². The Morgan fingerprint density at radius 2 is 1.10 bits per heavy atom. The third-order valence-corrected chi connectivity index (χ3v) is 15.8. The van der Waals surface area contributed by atoms with E-state index in [1.54, 1.807) is 14.2 Å². The molecule has 0 amide bonds. The first-order valence-corrected chi connectivity index (χ1v) is 18.7. The summed E-state index contributed by atoms with van der Waals surface area (Å²) in [5, 5.41) is 4.15. The van der Waals surface area contributed by atoms with Gasteiger partial charge >= 0.3 is 0 Å². The minimum atomic E-state index is -0.809. The van der Waals surface area contributed by atoms with Crippen LogP contribution in [0.15, 0.2) is 47.0 Å². The van der Waals surface area contributed by atoms with Gasteiger partial charge in [0.1, 0.15) is 11.5 Å². The Morgan fingerprint density at radius 3 is 1.49 bits per heavy atom.